The van der Waals surface area contributed by atoms with Crippen LogP contribution in [-0.2, 0) is 16.2 Å². The minimum Gasteiger partial charge on any atom is -0.456 e. The van der Waals surface area contributed by atoms with E-state index in [-0.39, 0.29) is 16.2 Å². The van der Waals surface area contributed by atoms with Gasteiger partial charge >= 0.3 is 0 Å². The van der Waals surface area contributed by atoms with Gasteiger partial charge in [-0.1, -0.05) is 146 Å². The molecule has 10 rings (SSSR count). The van der Waals surface area contributed by atoms with Gasteiger partial charge in [-0.15, -0.1) is 0 Å². The Morgan fingerprint density at radius 1 is 0.482 bits per heavy atom. The van der Waals surface area contributed by atoms with Crippen LogP contribution in [0.3, 0.4) is 0 Å². The number of hydrogen-bond donors (Lipinski definition) is 0. The van der Waals surface area contributed by atoms with Crippen molar-refractivity contribution in [1.29, 1.82) is 0 Å². The van der Waals surface area contributed by atoms with E-state index in [1.807, 2.05) is 0 Å². The first-order chi connectivity index (χ1) is 26.8. The molecule has 0 unspecified atom stereocenters. The zero-order valence-corrected chi connectivity index (χ0v) is 33.5. The van der Waals surface area contributed by atoms with Crippen LogP contribution in [0.1, 0.15) is 77.6 Å². The van der Waals surface area contributed by atoms with Crippen LogP contribution in [0.15, 0.2) is 148 Å². The highest BCUT2D eigenvalue weighted by atomic mass is 16.3. The summed E-state index contributed by atoms with van der Waals surface area (Å²) in [5, 5.41) is 4.43. The number of nitrogens with zero attached hydrogens (tertiary/aromatic N) is 1. The van der Waals surface area contributed by atoms with Gasteiger partial charge in [0.15, 0.2) is 0 Å². The molecule has 0 fully saturated rings. The molecule has 0 spiro atoms. The van der Waals surface area contributed by atoms with Crippen LogP contribution < -0.4 is 4.90 Å². The number of anilines is 3. The highest BCUT2D eigenvalue weighted by Gasteiger charge is 2.36. The Kier molecular flexibility index (Phi) is 7.36. The third-order valence-electron chi connectivity index (χ3n) is 12.1. The second-order valence-electron chi connectivity index (χ2n) is 18.2. The molecule has 1 aliphatic carbocycles. The van der Waals surface area contributed by atoms with Gasteiger partial charge in [0.2, 0.25) is 0 Å². The monoisotopic (exact) mass is 729 g/mol. The Labute approximate surface area is 329 Å². The lowest BCUT2D eigenvalue weighted by molar-refractivity contribution is 0.559. The lowest BCUT2D eigenvalue weighted by Gasteiger charge is -2.29. The Bertz CT molecular complexity index is 3020. The first kappa shape index (κ1) is 34.4. The standard InChI is InChI=1S/C53H47NO2/c1-51(2,3)33-29-38-47-42(22-15-25-44(47)56-50(38)41(30-33)52(4,5)6)54(34-27-28-40-37(31-34)36-19-12-13-21-39(36)53(40,7)8)43-23-16-26-46-49(43)48-35(20-14-24-45(48)55-46)32-17-10-9-11-18-32/h9-31H,1-8H3. The number of rotatable bonds is 4. The molecule has 0 saturated carbocycles. The zero-order valence-electron chi connectivity index (χ0n) is 33.5. The fraction of sp³-hybridized carbons (Fsp3) is 0.208. The highest BCUT2D eigenvalue weighted by Crippen LogP contribution is 2.53. The van der Waals surface area contributed by atoms with Crippen LogP contribution in [0.2, 0.25) is 0 Å². The fourth-order valence-electron chi connectivity index (χ4n) is 9.23. The van der Waals surface area contributed by atoms with Crippen molar-refractivity contribution in [2.75, 3.05) is 4.90 Å². The maximum absolute atomic E-state index is 6.96. The fourth-order valence-corrected chi connectivity index (χ4v) is 9.23. The van der Waals surface area contributed by atoms with Gasteiger partial charge < -0.3 is 13.7 Å². The summed E-state index contributed by atoms with van der Waals surface area (Å²) in [7, 11) is 0. The summed E-state index contributed by atoms with van der Waals surface area (Å²) in [5.74, 6) is 0. The van der Waals surface area contributed by atoms with E-state index >= 15 is 0 Å². The molecule has 7 aromatic carbocycles. The van der Waals surface area contributed by atoms with Gasteiger partial charge in [-0.2, -0.15) is 0 Å². The second kappa shape index (κ2) is 12.0. The summed E-state index contributed by atoms with van der Waals surface area (Å²) in [4.78, 5) is 2.46. The molecule has 56 heavy (non-hydrogen) atoms. The van der Waals surface area contributed by atoms with Crippen molar-refractivity contribution in [3.63, 3.8) is 0 Å². The predicted molar refractivity (Wildman–Crippen MR) is 236 cm³/mol. The molecule has 1 aliphatic rings. The van der Waals surface area contributed by atoms with Gasteiger partial charge in [0.1, 0.15) is 22.3 Å². The molecular weight excluding hydrogens is 683 g/mol. The van der Waals surface area contributed by atoms with Crippen molar-refractivity contribution in [2.24, 2.45) is 0 Å². The quantitative estimate of drug-likeness (QED) is 0.181. The van der Waals surface area contributed by atoms with E-state index in [9.17, 15) is 0 Å². The third kappa shape index (κ3) is 5.10. The zero-order chi connectivity index (χ0) is 38.7. The summed E-state index contributed by atoms with van der Waals surface area (Å²) in [6.07, 6.45) is 0. The van der Waals surface area contributed by atoms with Crippen LogP contribution in [0.5, 0.6) is 0 Å². The van der Waals surface area contributed by atoms with Crippen molar-refractivity contribution in [3.05, 3.63) is 162 Å². The van der Waals surface area contributed by atoms with E-state index < -0.39 is 0 Å². The van der Waals surface area contributed by atoms with Crippen molar-refractivity contribution in [2.45, 2.75) is 71.6 Å². The van der Waals surface area contributed by atoms with Gasteiger partial charge in [0, 0.05) is 27.4 Å². The first-order valence-corrected chi connectivity index (χ1v) is 19.9. The molecule has 2 heterocycles. The van der Waals surface area contributed by atoms with Gasteiger partial charge in [0.05, 0.1) is 22.1 Å². The first-order valence-electron chi connectivity index (χ1n) is 19.9. The maximum atomic E-state index is 6.96. The topological polar surface area (TPSA) is 29.5 Å². The molecule has 0 atom stereocenters. The van der Waals surface area contributed by atoms with Crippen LogP contribution in [-0.4, -0.2) is 0 Å². The molecule has 0 aliphatic heterocycles. The molecule has 9 aromatic rings. The second-order valence-corrected chi connectivity index (χ2v) is 18.2. The van der Waals surface area contributed by atoms with Crippen LogP contribution in [0.25, 0.3) is 66.1 Å². The molecule has 2 aromatic heterocycles. The van der Waals surface area contributed by atoms with Gasteiger partial charge in [-0.25, -0.2) is 0 Å². The molecule has 0 radical (unpaired) electrons. The molecule has 0 bridgehead atoms. The van der Waals surface area contributed by atoms with Crippen molar-refractivity contribution in [1.82, 2.24) is 0 Å². The van der Waals surface area contributed by atoms with Crippen molar-refractivity contribution < 1.29 is 8.83 Å². The molecule has 0 N–H and O–H groups in total. The molecule has 276 valence electrons. The van der Waals surface area contributed by atoms with Crippen LogP contribution >= 0.6 is 0 Å². The Hall–Kier alpha value is -6.06. The predicted octanol–water partition coefficient (Wildman–Crippen LogP) is 15.5. The number of benzene rings is 7. The molecule has 3 nitrogen and oxygen atoms in total. The normalized spacial score (nSPS) is 13.9. The van der Waals surface area contributed by atoms with E-state index in [2.05, 4.69) is 200 Å². The van der Waals surface area contributed by atoms with Gasteiger partial charge in [0.25, 0.3) is 0 Å². The summed E-state index contributed by atoms with van der Waals surface area (Å²) in [6.45, 7) is 18.4. The number of fused-ring (bicyclic) bond motifs is 9. The molecule has 0 amide bonds. The highest BCUT2D eigenvalue weighted by molar-refractivity contribution is 6.21. The average molecular weight is 730 g/mol. The third-order valence-corrected chi connectivity index (χ3v) is 12.1. The van der Waals surface area contributed by atoms with E-state index in [0.29, 0.717) is 0 Å². The maximum Gasteiger partial charge on any atom is 0.139 e. The lowest BCUT2D eigenvalue weighted by Crippen LogP contribution is -2.16. The molecular formula is C53H47NO2. The Morgan fingerprint density at radius 3 is 1.80 bits per heavy atom. The number of hydrogen-bond acceptors (Lipinski definition) is 3. The largest absolute Gasteiger partial charge is 0.456 e. The van der Waals surface area contributed by atoms with Crippen LogP contribution in [0.4, 0.5) is 17.1 Å². The van der Waals surface area contributed by atoms with Gasteiger partial charge in [-0.3, -0.25) is 0 Å². The van der Waals surface area contributed by atoms with Crippen LogP contribution in [0, 0.1) is 0 Å². The molecule has 0 saturated heterocycles. The summed E-state index contributed by atoms with van der Waals surface area (Å²) >= 11 is 0. The Balaban J connectivity index is 1.34. The minimum atomic E-state index is -0.122. The van der Waals surface area contributed by atoms with Crippen molar-refractivity contribution >= 4 is 60.9 Å². The lowest BCUT2D eigenvalue weighted by atomic mass is 9.79. The summed E-state index contributed by atoms with van der Waals surface area (Å²) in [5.41, 5.74) is 16.6. The smallest absolute Gasteiger partial charge is 0.139 e. The van der Waals surface area contributed by atoms with Crippen molar-refractivity contribution in [3.8, 4) is 22.3 Å². The minimum absolute atomic E-state index is 0.0538. The molecule has 3 heteroatoms. The number of furan rings is 2. The van der Waals surface area contributed by atoms with E-state index in [1.165, 1.54) is 33.4 Å². The van der Waals surface area contributed by atoms with E-state index in [4.69, 9.17) is 8.83 Å². The summed E-state index contributed by atoms with van der Waals surface area (Å²) in [6, 6.07) is 50.8. The Morgan fingerprint density at radius 2 is 1.09 bits per heavy atom. The van der Waals surface area contributed by atoms with E-state index in [0.717, 1.165) is 72.1 Å². The summed E-state index contributed by atoms with van der Waals surface area (Å²) < 4.78 is 13.7. The SMILES string of the molecule is CC(C)(C)c1cc(C(C)(C)C)c2oc3cccc(N(c4ccc5c(c4)-c4ccccc4C5(C)C)c4cccc5oc6cccc(-c7ccccc7)c6c45)c3c2c1. The van der Waals surface area contributed by atoms with E-state index in [1.54, 1.807) is 0 Å². The van der Waals surface area contributed by atoms with Gasteiger partial charge in [-0.05, 0) is 98.3 Å². The average Bonchev–Trinajstić information content (AvgIpc) is 3.83.